The van der Waals surface area contributed by atoms with Crippen LogP contribution in [0.2, 0.25) is 0 Å². The van der Waals surface area contributed by atoms with Crippen molar-refractivity contribution >= 4 is 5.91 Å². The standard InChI is InChI=1S/C14H19NO2/c1-2-8-14(9-10-14)13(16)15-17-11-12-6-4-3-5-7-12/h3-7H,2,8-11H2,1H3,(H,15,16). The molecule has 2 rings (SSSR count). The number of nitrogens with one attached hydrogen (secondary N) is 1. The second-order valence-corrected chi connectivity index (χ2v) is 4.74. The summed E-state index contributed by atoms with van der Waals surface area (Å²) in [6.45, 7) is 2.53. The Balaban J connectivity index is 1.74. The van der Waals surface area contributed by atoms with Gasteiger partial charge in [0.15, 0.2) is 0 Å². The van der Waals surface area contributed by atoms with Gasteiger partial charge in [-0.2, -0.15) is 0 Å². The maximum absolute atomic E-state index is 11.9. The van der Waals surface area contributed by atoms with Gasteiger partial charge in [-0.05, 0) is 24.8 Å². The van der Waals surface area contributed by atoms with Gasteiger partial charge in [0.05, 0.1) is 12.0 Å². The Bertz CT molecular complexity index is 371. The normalized spacial score (nSPS) is 16.5. The fraction of sp³-hybridized carbons (Fsp3) is 0.500. The molecule has 0 heterocycles. The monoisotopic (exact) mass is 233 g/mol. The van der Waals surface area contributed by atoms with Crippen LogP contribution in [0, 0.1) is 5.41 Å². The average molecular weight is 233 g/mol. The molecule has 0 spiro atoms. The molecule has 0 aromatic heterocycles. The zero-order valence-corrected chi connectivity index (χ0v) is 10.2. The van der Waals surface area contributed by atoms with Gasteiger partial charge < -0.3 is 0 Å². The maximum Gasteiger partial charge on any atom is 0.249 e. The maximum atomic E-state index is 11.9. The molecular formula is C14H19NO2. The van der Waals surface area contributed by atoms with Crippen LogP contribution >= 0.6 is 0 Å². The molecule has 0 unspecified atom stereocenters. The van der Waals surface area contributed by atoms with Crippen LogP contribution in [-0.2, 0) is 16.2 Å². The lowest BCUT2D eigenvalue weighted by Gasteiger charge is -2.13. The molecule has 1 aromatic rings. The number of rotatable bonds is 6. The molecule has 3 nitrogen and oxygen atoms in total. The van der Waals surface area contributed by atoms with Gasteiger partial charge in [0.2, 0.25) is 5.91 Å². The summed E-state index contributed by atoms with van der Waals surface area (Å²) in [5, 5.41) is 0. The van der Waals surface area contributed by atoms with Crippen LogP contribution in [0.25, 0.3) is 0 Å². The van der Waals surface area contributed by atoms with E-state index >= 15 is 0 Å². The zero-order valence-electron chi connectivity index (χ0n) is 10.2. The second-order valence-electron chi connectivity index (χ2n) is 4.74. The number of hydroxylamine groups is 1. The van der Waals surface area contributed by atoms with Gasteiger partial charge in [-0.25, -0.2) is 5.48 Å². The number of amides is 1. The van der Waals surface area contributed by atoms with Gasteiger partial charge in [-0.15, -0.1) is 0 Å². The van der Waals surface area contributed by atoms with Crippen molar-refractivity contribution in [2.75, 3.05) is 0 Å². The smallest absolute Gasteiger partial charge is 0.249 e. The van der Waals surface area contributed by atoms with Crippen LogP contribution < -0.4 is 5.48 Å². The van der Waals surface area contributed by atoms with E-state index in [2.05, 4.69) is 12.4 Å². The van der Waals surface area contributed by atoms with Gasteiger partial charge in [0.1, 0.15) is 0 Å². The summed E-state index contributed by atoms with van der Waals surface area (Å²) in [5.74, 6) is 0.0512. The largest absolute Gasteiger partial charge is 0.272 e. The summed E-state index contributed by atoms with van der Waals surface area (Å²) >= 11 is 0. The first-order valence-electron chi connectivity index (χ1n) is 6.23. The minimum absolute atomic E-state index is 0.0512. The van der Waals surface area contributed by atoms with Crippen molar-refractivity contribution in [3.63, 3.8) is 0 Å². The molecule has 0 atom stereocenters. The van der Waals surface area contributed by atoms with E-state index in [0.717, 1.165) is 31.2 Å². The molecule has 0 radical (unpaired) electrons. The van der Waals surface area contributed by atoms with Gasteiger partial charge in [0, 0.05) is 0 Å². The highest BCUT2D eigenvalue weighted by Crippen LogP contribution is 2.49. The lowest BCUT2D eigenvalue weighted by atomic mass is 10.0. The Morgan fingerprint density at radius 3 is 2.65 bits per heavy atom. The quantitative estimate of drug-likeness (QED) is 0.767. The van der Waals surface area contributed by atoms with E-state index < -0.39 is 0 Å². The van der Waals surface area contributed by atoms with E-state index in [0.29, 0.717) is 6.61 Å². The summed E-state index contributed by atoms with van der Waals surface area (Å²) in [5.41, 5.74) is 3.52. The van der Waals surface area contributed by atoms with E-state index in [9.17, 15) is 4.79 Å². The van der Waals surface area contributed by atoms with Crippen molar-refractivity contribution in [1.82, 2.24) is 5.48 Å². The van der Waals surface area contributed by atoms with Crippen LogP contribution in [0.1, 0.15) is 38.2 Å². The third-order valence-electron chi connectivity index (χ3n) is 3.31. The third kappa shape index (κ3) is 3.07. The highest BCUT2D eigenvalue weighted by atomic mass is 16.6. The molecule has 1 saturated carbocycles. The molecule has 1 N–H and O–H groups in total. The first kappa shape index (κ1) is 12.1. The number of carbonyl (C=O) groups excluding carboxylic acids is 1. The zero-order chi connectivity index (χ0) is 12.1. The molecule has 0 aliphatic heterocycles. The summed E-state index contributed by atoms with van der Waals surface area (Å²) < 4.78 is 0. The lowest BCUT2D eigenvalue weighted by Crippen LogP contribution is -2.31. The van der Waals surface area contributed by atoms with Crippen molar-refractivity contribution in [2.24, 2.45) is 5.41 Å². The lowest BCUT2D eigenvalue weighted by molar-refractivity contribution is -0.140. The molecule has 1 amide bonds. The van der Waals surface area contributed by atoms with Crippen molar-refractivity contribution in [3.05, 3.63) is 35.9 Å². The topological polar surface area (TPSA) is 38.3 Å². The van der Waals surface area contributed by atoms with E-state index in [1.165, 1.54) is 0 Å². The number of carbonyl (C=O) groups is 1. The summed E-state index contributed by atoms with van der Waals surface area (Å²) in [6, 6.07) is 9.83. The van der Waals surface area contributed by atoms with Crippen LogP contribution in [0.5, 0.6) is 0 Å². The predicted molar refractivity (Wildman–Crippen MR) is 65.9 cm³/mol. The number of benzene rings is 1. The molecule has 3 heteroatoms. The molecule has 1 aromatic carbocycles. The average Bonchev–Trinajstić information content (AvgIpc) is 3.12. The van der Waals surface area contributed by atoms with Crippen molar-refractivity contribution < 1.29 is 9.63 Å². The number of hydrogen-bond acceptors (Lipinski definition) is 2. The first-order valence-corrected chi connectivity index (χ1v) is 6.23. The summed E-state index contributed by atoms with van der Waals surface area (Å²) in [4.78, 5) is 17.1. The Kier molecular flexibility index (Phi) is 3.79. The van der Waals surface area contributed by atoms with Gasteiger partial charge in [0.25, 0.3) is 0 Å². The Morgan fingerprint density at radius 1 is 1.35 bits per heavy atom. The van der Waals surface area contributed by atoms with Crippen molar-refractivity contribution in [3.8, 4) is 0 Å². The first-order chi connectivity index (χ1) is 8.27. The SMILES string of the molecule is CCCC1(C(=O)NOCc2ccccc2)CC1. The highest BCUT2D eigenvalue weighted by Gasteiger charge is 2.48. The van der Waals surface area contributed by atoms with E-state index in [1.807, 2.05) is 30.3 Å². The molecule has 0 saturated heterocycles. The molecular weight excluding hydrogens is 214 g/mol. The minimum Gasteiger partial charge on any atom is -0.272 e. The van der Waals surface area contributed by atoms with E-state index in [1.54, 1.807) is 0 Å². The van der Waals surface area contributed by atoms with E-state index in [-0.39, 0.29) is 11.3 Å². The second kappa shape index (κ2) is 5.32. The molecule has 1 aliphatic carbocycles. The Morgan fingerprint density at radius 2 is 2.06 bits per heavy atom. The minimum atomic E-state index is -0.120. The van der Waals surface area contributed by atoms with Crippen molar-refractivity contribution in [2.45, 2.75) is 39.2 Å². The molecule has 17 heavy (non-hydrogen) atoms. The fourth-order valence-electron chi connectivity index (χ4n) is 2.09. The van der Waals surface area contributed by atoms with Crippen LogP contribution in [0.15, 0.2) is 30.3 Å². The van der Waals surface area contributed by atoms with Gasteiger partial charge >= 0.3 is 0 Å². The fourth-order valence-corrected chi connectivity index (χ4v) is 2.09. The Labute approximate surface area is 102 Å². The number of hydrogen-bond donors (Lipinski definition) is 1. The molecule has 0 bridgehead atoms. The van der Waals surface area contributed by atoms with Gasteiger partial charge in [-0.3, -0.25) is 9.63 Å². The van der Waals surface area contributed by atoms with Crippen LogP contribution in [0.3, 0.4) is 0 Å². The summed E-state index contributed by atoms with van der Waals surface area (Å²) in [7, 11) is 0. The predicted octanol–water partition coefficient (Wildman–Crippen LogP) is 2.81. The third-order valence-corrected chi connectivity index (χ3v) is 3.31. The van der Waals surface area contributed by atoms with Gasteiger partial charge in [-0.1, -0.05) is 43.7 Å². The molecule has 1 aliphatic rings. The summed E-state index contributed by atoms with van der Waals surface area (Å²) in [6.07, 6.45) is 4.02. The molecule has 92 valence electrons. The van der Waals surface area contributed by atoms with E-state index in [4.69, 9.17) is 4.84 Å². The van der Waals surface area contributed by atoms with Crippen LogP contribution in [-0.4, -0.2) is 5.91 Å². The highest BCUT2D eigenvalue weighted by molar-refractivity contribution is 5.84. The molecule has 1 fully saturated rings. The van der Waals surface area contributed by atoms with Crippen LogP contribution in [0.4, 0.5) is 0 Å². The van der Waals surface area contributed by atoms with Crippen molar-refractivity contribution in [1.29, 1.82) is 0 Å². The Hall–Kier alpha value is -1.35.